The van der Waals surface area contributed by atoms with Crippen molar-refractivity contribution < 1.29 is 13.9 Å². The lowest BCUT2D eigenvalue weighted by Crippen LogP contribution is -2.32. The quantitative estimate of drug-likeness (QED) is 0.351. The summed E-state index contributed by atoms with van der Waals surface area (Å²) in [5.74, 6) is 0.967. The number of imidazole rings is 1. The number of ether oxygens (including phenoxy) is 1. The zero-order valence-corrected chi connectivity index (χ0v) is 17.6. The van der Waals surface area contributed by atoms with Gasteiger partial charge in [-0.2, -0.15) is 0 Å². The molecular weight excluding hydrogens is 405 g/mol. The topological polar surface area (TPSA) is 47.4 Å². The number of para-hydroxylation sites is 1. The largest absolute Gasteiger partial charge is 0.457 e. The van der Waals surface area contributed by atoms with Gasteiger partial charge >= 0.3 is 0 Å². The van der Waals surface area contributed by atoms with Crippen molar-refractivity contribution in [2.24, 2.45) is 0 Å². The van der Waals surface area contributed by atoms with Crippen LogP contribution in [0.1, 0.15) is 22.3 Å². The van der Waals surface area contributed by atoms with Crippen LogP contribution in [0, 0.1) is 5.82 Å². The van der Waals surface area contributed by atoms with Crippen LogP contribution in [0.25, 0.3) is 0 Å². The Morgan fingerprint density at radius 2 is 1.75 bits per heavy atom. The Balaban J connectivity index is 1.49. The van der Waals surface area contributed by atoms with Crippen molar-refractivity contribution in [3.63, 3.8) is 0 Å². The molecule has 4 rings (SSSR count). The SMILES string of the molecule is O=C(c1ccc(F)cc1)N(CCCn1ccnc1)Cc1cccc(Oc2ccccc2)c1. The molecule has 4 aromatic rings. The minimum atomic E-state index is -0.362. The lowest BCUT2D eigenvalue weighted by atomic mass is 10.1. The number of amides is 1. The van der Waals surface area contributed by atoms with E-state index < -0.39 is 0 Å². The van der Waals surface area contributed by atoms with Gasteiger partial charge in [0.05, 0.1) is 6.33 Å². The molecule has 162 valence electrons. The van der Waals surface area contributed by atoms with E-state index in [-0.39, 0.29) is 11.7 Å². The van der Waals surface area contributed by atoms with Crippen molar-refractivity contribution in [3.8, 4) is 11.5 Å². The van der Waals surface area contributed by atoms with Crippen molar-refractivity contribution in [2.75, 3.05) is 6.54 Å². The third-order valence-corrected chi connectivity index (χ3v) is 5.03. The monoisotopic (exact) mass is 429 g/mol. The fourth-order valence-electron chi connectivity index (χ4n) is 3.44. The Morgan fingerprint density at radius 1 is 0.969 bits per heavy atom. The van der Waals surface area contributed by atoms with Crippen LogP contribution in [-0.2, 0) is 13.1 Å². The van der Waals surface area contributed by atoms with Gasteiger partial charge in [0, 0.05) is 37.6 Å². The molecule has 0 aliphatic carbocycles. The third-order valence-electron chi connectivity index (χ3n) is 5.03. The Bertz CT molecular complexity index is 1130. The fourth-order valence-corrected chi connectivity index (χ4v) is 3.44. The molecular formula is C26H24FN3O2. The molecule has 0 aliphatic rings. The molecule has 0 bridgehead atoms. The van der Waals surface area contributed by atoms with Crippen LogP contribution in [0.15, 0.2) is 97.6 Å². The summed E-state index contributed by atoms with van der Waals surface area (Å²) in [5, 5.41) is 0. The smallest absolute Gasteiger partial charge is 0.254 e. The second-order valence-electron chi connectivity index (χ2n) is 7.45. The second kappa shape index (κ2) is 10.4. The number of nitrogens with zero attached hydrogens (tertiary/aromatic N) is 3. The number of rotatable bonds is 9. The first-order valence-electron chi connectivity index (χ1n) is 10.5. The van der Waals surface area contributed by atoms with Gasteiger partial charge in [0.1, 0.15) is 17.3 Å². The molecule has 0 saturated heterocycles. The van der Waals surface area contributed by atoms with E-state index in [0.29, 0.717) is 24.4 Å². The van der Waals surface area contributed by atoms with Gasteiger partial charge in [0.25, 0.3) is 5.91 Å². The van der Waals surface area contributed by atoms with E-state index in [1.54, 1.807) is 17.4 Å². The first-order chi connectivity index (χ1) is 15.7. The molecule has 0 aliphatic heterocycles. The zero-order valence-electron chi connectivity index (χ0n) is 17.6. The van der Waals surface area contributed by atoms with Gasteiger partial charge in [-0.3, -0.25) is 4.79 Å². The molecule has 0 N–H and O–H groups in total. The van der Waals surface area contributed by atoms with Gasteiger partial charge < -0.3 is 14.2 Å². The van der Waals surface area contributed by atoms with E-state index in [0.717, 1.165) is 24.3 Å². The summed E-state index contributed by atoms with van der Waals surface area (Å²) < 4.78 is 21.2. The summed E-state index contributed by atoms with van der Waals surface area (Å²) in [6.45, 7) is 1.73. The maximum Gasteiger partial charge on any atom is 0.254 e. The normalized spacial score (nSPS) is 10.7. The molecule has 1 amide bonds. The van der Waals surface area contributed by atoms with Crippen LogP contribution in [-0.4, -0.2) is 26.9 Å². The number of carbonyl (C=O) groups is 1. The number of halogens is 1. The van der Waals surface area contributed by atoms with Crippen LogP contribution in [0.4, 0.5) is 4.39 Å². The average molecular weight is 429 g/mol. The summed E-state index contributed by atoms with van der Waals surface area (Å²) in [4.78, 5) is 19.0. The van der Waals surface area contributed by atoms with Crippen molar-refractivity contribution in [2.45, 2.75) is 19.5 Å². The molecule has 1 heterocycles. The van der Waals surface area contributed by atoms with Gasteiger partial charge in [0.15, 0.2) is 0 Å². The lowest BCUT2D eigenvalue weighted by Gasteiger charge is -2.23. The minimum absolute atomic E-state index is 0.134. The highest BCUT2D eigenvalue weighted by Gasteiger charge is 2.16. The number of carbonyl (C=O) groups excluding carboxylic acids is 1. The Hall–Kier alpha value is -3.93. The summed E-state index contributed by atoms with van der Waals surface area (Å²) in [6.07, 6.45) is 6.16. The summed E-state index contributed by atoms with van der Waals surface area (Å²) in [5.41, 5.74) is 1.42. The molecule has 6 heteroatoms. The van der Waals surface area contributed by atoms with Crippen LogP contribution in [0.2, 0.25) is 0 Å². The van der Waals surface area contributed by atoms with Crippen molar-refractivity contribution in [1.82, 2.24) is 14.5 Å². The lowest BCUT2D eigenvalue weighted by molar-refractivity contribution is 0.0739. The van der Waals surface area contributed by atoms with E-state index in [1.165, 1.54) is 24.3 Å². The first-order valence-corrected chi connectivity index (χ1v) is 10.5. The van der Waals surface area contributed by atoms with Crippen LogP contribution in [0.5, 0.6) is 11.5 Å². The fraction of sp³-hybridized carbons (Fsp3) is 0.154. The van der Waals surface area contributed by atoms with Crippen LogP contribution >= 0.6 is 0 Å². The standard InChI is InChI=1S/C26H24FN3O2/c27-23-12-10-22(11-13-23)26(31)30(16-5-15-29-17-14-28-20-29)19-21-6-4-9-25(18-21)32-24-7-2-1-3-8-24/h1-4,6-14,17-18,20H,5,15-16,19H2. The first kappa shape index (κ1) is 21.3. The van der Waals surface area contributed by atoms with Gasteiger partial charge in [-0.15, -0.1) is 0 Å². The number of aryl methyl sites for hydroxylation is 1. The van der Waals surface area contributed by atoms with Crippen molar-refractivity contribution in [3.05, 3.63) is 115 Å². The molecule has 32 heavy (non-hydrogen) atoms. The molecule has 0 atom stereocenters. The third kappa shape index (κ3) is 5.82. The highest BCUT2D eigenvalue weighted by Crippen LogP contribution is 2.23. The maximum atomic E-state index is 13.3. The average Bonchev–Trinajstić information content (AvgIpc) is 3.33. The predicted octanol–water partition coefficient (Wildman–Crippen LogP) is 5.55. The number of benzene rings is 3. The van der Waals surface area contributed by atoms with Gasteiger partial charge in [-0.05, 0) is 60.5 Å². The summed E-state index contributed by atoms with van der Waals surface area (Å²) in [6, 6.07) is 23.0. The summed E-state index contributed by atoms with van der Waals surface area (Å²) in [7, 11) is 0. The minimum Gasteiger partial charge on any atom is -0.457 e. The summed E-state index contributed by atoms with van der Waals surface area (Å²) >= 11 is 0. The molecule has 3 aromatic carbocycles. The van der Waals surface area contributed by atoms with Gasteiger partial charge in [-0.25, -0.2) is 9.37 Å². The van der Waals surface area contributed by atoms with Crippen molar-refractivity contribution in [1.29, 1.82) is 0 Å². The second-order valence-corrected chi connectivity index (χ2v) is 7.45. The predicted molar refractivity (Wildman–Crippen MR) is 121 cm³/mol. The molecule has 0 radical (unpaired) electrons. The van der Waals surface area contributed by atoms with Crippen LogP contribution in [0.3, 0.4) is 0 Å². The number of hydrogen-bond acceptors (Lipinski definition) is 3. The Kier molecular flexibility index (Phi) is 6.92. The van der Waals surface area contributed by atoms with E-state index in [2.05, 4.69) is 4.98 Å². The highest BCUT2D eigenvalue weighted by molar-refractivity contribution is 5.94. The highest BCUT2D eigenvalue weighted by atomic mass is 19.1. The van der Waals surface area contributed by atoms with Crippen LogP contribution < -0.4 is 4.74 Å². The Labute approximate surface area is 186 Å². The zero-order chi connectivity index (χ0) is 22.2. The molecule has 0 spiro atoms. The van der Waals surface area contributed by atoms with Gasteiger partial charge in [-0.1, -0.05) is 30.3 Å². The maximum absolute atomic E-state index is 13.3. The van der Waals surface area contributed by atoms with Gasteiger partial charge in [0.2, 0.25) is 0 Å². The molecule has 0 unspecified atom stereocenters. The number of hydrogen-bond donors (Lipinski definition) is 0. The molecule has 5 nitrogen and oxygen atoms in total. The Morgan fingerprint density at radius 3 is 2.50 bits per heavy atom. The number of aromatic nitrogens is 2. The van der Waals surface area contributed by atoms with Crippen molar-refractivity contribution >= 4 is 5.91 Å². The molecule has 1 aromatic heterocycles. The van der Waals surface area contributed by atoms with E-state index >= 15 is 0 Å². The van der Waals surface area contributed by atoms with E-state index in [4.69, 9.17) is 4.74 Å². The molecule has 0 fully saturated rings. The van der Waals surface area contributed by atoms with E-state index in [1.807, 2.05) is 65.4 Å². The molecule has 0 saturated carbocycles. The van der Waals surface area contributed by atoms with E-state index in [9.17, 15) is 9.18 Å².